The molecule has 154 valence electrons. The summed E-state index contributed by atoms with van der Waals surface area (Å²) in [6.07, 6.45) is 4.15. The van der Waals surface area contributed by atoms with Gasteiger partial charge in [0.05, 0.1) is 0 Å². The molecule has 2 heterocycles. The zero-order valence-electron chi connectivity index (χ0n) is 16.4. The minimum absolute atomic E-state index is 0.125. The van der Waals surface area contributed by atoms with Gasteiger partial charge in [-0.1, -0.05) is 0 Å². The maximum atomic E-state index is 15.0. The first-order valence-electron chi connectivity index (χ1n) is 10.2. The predicted molar refractivity (Wildman–Crippen MR) is 119 cm³/mol. The van der Waals surface area contributed by atoms with Crippen molar-refractivity contribution in [1.82, 2.24) is 15.5 Å². The molecule has 4 rings (SSSR count). The van der Waals surface area contributed by atoms with Crippen LogP contribution >= 0.6 is 7.26 Å². The molecule has 0 bridgehead atoms. The van der Waals surface area contributed by atoms with E-state index in [-0.39, 0.29) is 18.0 Å². The number of nitrogens with one attached hydrogen (secondary N) is 2. The van der Waals surface area contributed by atoms with Crippen molar-refractivity contribution in [3.05, 3.63) is 69.9 Å². The SMILES string of the molecule is O=c1[nH]nc(Cc2ccc(F)c([PH]3(CCCO)CCNCC3)c2)c2ccccc12. The van der Waals surface area contributed by atoms with Crippen molar-refractivity contribution in [3.63, 3.8) is 0 Å². The Bertz CT molecular complexity index is 1060. The standard InChI is InChI=1S/C22H27FN3O2P/c23-19-7-6-16(14-20-17-4-1-2-5-18(17)22(28)26-25-20)15-21(19)29(11-3-10-27)12-8-24-9-13-29/h1-2,4-7,15,24,27,29H,3,8-14H2,(H,26,28). The number of H-pyrrole nitrogens is 1. The second kappa shape index (κ2) is 8.70. The molecule has 3 aromatic rings. The van der Waals surface area contributed by atoms with E-state index in [1.165, 1.54) is 0 Å². The molecule has 0 saturated carbocycles. The van der Waals surface area contributed by atoms with E-state index < -0.39 is 7.26 Å². The van der Waals surface area contributed by atoms with Gasteiger partial charge < -0.3 is 0 Å². The zero-order valence-corrected chi connectivity index (χ0v) is 17.4. The van der Waals surface area contributed by atoms with Gasteiger partial charge in [-0.15, -0.1) is 0 Å². The molecule has 1 saturated heterocycles. The van der Waals surface area contributed by atoms with E-state index in [1.807, 2.05) is 30.3 Å². The fraction of sp³-hybridized carbons (Fsp3) is 0.364. The number of aliphatic hydroxyl groups is 1. The Labute approximate surface area is 169 Å². The van der Waals surface area contributed by atoms with Crippen LogP contribution in [0.5, 0.6) is 0 Å². The van der Waals surface area contributed by atoms with Gasteiger partial charge in [0.15, 0.2) is 0 Å². The van der Waals surface area contributed by atoms with Crippen LogP contribution in [0.25, 0.3) is 10.8 Å². The van der Waals surface area contributed by atoms with Gasteiger partial charge in [0.25, 0.3) is 0 Å². The molecular weight excluding hydrogens is 388 g/mol. The van der Waals surface area contributed by atoms with Crippen molar-refractivity contribution >= 4 is 23.3 Å². The summed E-state index contributed by atoms with van der Waals surface area (Å²) in [4.78, 5) is 12.0. The van der Waals surface area contributed by atoms with Crippen LogP contribution in [0, 0.1) is 5.82 Å². The molecule has 29 heavy (non-hydrogen) atoms. The van der Waals surface area contributed by atoms with E-state index in [4.69, 9.17) is 0 Å². The van der Waals surface area contributed by atoms with Gasteiger partial charge in [0, 0.05) is 0 Å². The summed E-state index contributed by atoms with van der Waals surface area (Å²) < 4.78 is 15.0. The number of hydrogen-bond donors (Lipinski definition) is 3. The molecule has 3 N–H and O–H groups in total. The van der Waals surface area contributed by atoms with Crippen molar-refractivity contribution in [2.45, 2.75) is 12.8 Å². The average molecular weight is 415 g/mol. The van der Waals surface area contributed by atoms with Gasteiger partial charge in [-0.2, -0.15) is 0 Å². The van der Waals surface area contributed by atoms with Gasteiger partial charge in [0.2, 0.25) is 0 Å². The summed E-state index contributed by atoms with van der Waals surface area (Å²) in [5.41, 5.74) is 1.59. The number of fused-ring (bicyclic) bond motifs is 1. The molecule has 0 spiro atoms. The third-order valence-corrected chi connectivity index (χ3v) is 11.4. The van der Waals surface area contributed by atoms with Crippen LogP contribution in [-0.4, -0.2) is 53.5 Å². The van der Waals surface area contributed by atoms with E-state index >= 15 is 0 Å². The number of benzene rings is 2. The Balaban J connectivity index is 1.72. The number of aromatic nitrogens is 2. The number of hydrogen-bond acceptors (Lipinski definition) is 4. The molecule has 0 amide bonds. The summed E-state index contributed by atoms with van der Waals surface area (Å²) >= 11 is 0. The van der Waals surface area contributed by atoms with Gasteiger partial charge >= 0.3 is 169 Å². The fourth-order valence-corrected chi connectivity index (χ4v) is 9.35. The van der Waals surface area contributed by atoms with E-state index in [0.717, 1.165) is 59.9 Å². The first-order chi connectivity index (χ1) is 14.1. The normalized spacial score (nSPS) is 17.3. The molecule has 2 aromatic carbocycles. The Morgan fingerprint density at radius 3 is 2.62 bits per heavy atom. The Hall–Kier alpha value is -2.14. The molecular formula is C22H27FN3O2P. The van der Waals surface area contributed by atoms with Crippen LogP contribution in [0.4, 0.5) is 4.39 Å². The minimum atomic E-state index is -2.01. The Morgan fingerprint density at radius 2 is 1.86 bits per heavy atom. The first kappa shape index (κ1) is 20.1. The second-order valence-corrected chi connectivity index (χ2v) is 12.5. The molecule has 0 aliphatic carbocycles. The van der Waals surface area contributed by atoms with Crippen molar-refractivity contribution < 1.29 is 9.50 Å². The summed E-state index contributed by atoms with van der Waals surface area (Å²) in [6, 6.07) is 12.8. The molecule has 0 atom stereocenters. The molecule has 7 heteroatoms. The Kier molecular flexibility index (Phi) is 6.04. The van der Waals surface area contributed by atoms with Crippen molar-refractivity contribution in [1.29, 1.82) is 0 Å². The Morgan fingerprint density at radius 1 is 1.10 bits per heavy atom. The van der Waals surface area contributed by atoms with Crippen LogP contribution in [0.15, 0.2) is 47.3 Å². The van der Waals surface area contributed by atoms with Crippen LogP contribution in [-0.2, 0) is 6.42 Å². The van der Waals surface area contributed by atoms with Gasteiger partial charge in [-0.3, -0.25) is 0 Å². The van der Waals surface area contributed by atoms with Crippen LogP contribution in [0.2, 0.25) is 0 Å². The van der Waals surface area contributed by atoms with Crippen LogP contribution < -0.4 is 16.2 Å². The van der Waals surface area contributed by atoms with Crippen LogP contribution in [0.1, 0.15) is 17.7 Å². The van der Waals surface area contributed by atoms with E-state index in [2.05, 4.69) is 15.5 Å². The van der Waals surface area contributed by atoms with Gasteiger partial charge in [-0.25, -0.2) is 0 Å². The molecule has 1 fully saturated rings. The number of nitrogens with zero attached hydrogens (tertiary/aromatic N) is 1. The van der Waals surface area contributed by atoms with Gasteiger partial charge in [-0.05, 0) is 0 Å². The van der Waals surface area contributed by atoms with E-state index in [9.17, 15) is 14.3 Å². The summed E-state index contributed by atoms with van der Waals surface area (Å²) in [7, 11) is -2.01. The summed E-state index contributed by atoms with van der Waals surface area (Å²) in [6.45, 7) is 1.97. The molecule has 1 aliphatic rings. The first-order valence-corrected chi connectivity index (χ1v) is 12.8. The second-order valence-electron chi connectivity index (χ2n) is 7.89. The van der Waals surface area contributed by atoms with Crippen molar-refractivity contribution in [2.24, 2.45) is 0 Å². The fourth-order valence-electron chi connectivity index (χ4n) is 4.57. The number of rotatable bonds is 6. The molecule has 5 nitrogen and oxygen atoms in total. The number of halogens is 1. The van der Waals surface area contributed by atoms with E-state index in [1.54, 1.807) is 12.1 Å². The third kappa shape index (κ3) is 4.11. The van der Waals surface area contributed by atoms with Crippen molar-refractivity contribution in [3.8, 4) is 0 Å². The summed E-state index contributed by atoms with van der Waals surface area (Å²) in [5.74, 6) is -0.125. The van der Waals surface area contributed by atoms with E-state index in [0.29, 0.717) is 11.8 Å². The van der Waals surface area contributed by atoms with Gasteiger partial charge in [0.1, 0.15) is 0 Å². The summed E-state index contributed by atoms with van der Waals surface area (Å²) in [5, 5.41) is 21.9. The molecule has 0 radical (unpaired) electrons. The predicted octanol–water partition coefficient (Wildman–Crippen LogP) is 2.01. The molecule has 0 unspecified atom stereocenters. The van der Waals surface area contributed by atoms with Crippen LogP contribution in [0.3, 0.4) is 0 Å². The number of aliphatic hydroxyl groups excluding tert-OH is 1. The average Bonchev–Trinajstić information content (AvgIpc) is 2.76. The van der Waals surface area contributed by atoms with Crippen molar-refractivity contribution in [2.75, 3.05) is 38.2 Å². The maximum absolute atomic E-state index is 15.0. The number of aromatic amines is 1. The third-order valence-electron chi connectivity index (χ3n) is 6.12. The topological polar surface area (TPSA) is 78.0 Å². The molecule has 1 aliphatic heterocycles. The zero-order chi connectivity index (χ0) is 20.3. The quantitative estimate of drug-likeness (QED) is 0.539. The molecule has 1 aromatic heterocycles. The monoisotopic (exact) mass is 415 g/mol.